The van der Waals surface area contributed by atoms with Crippen LogP contribution >= 0.6 is 11.3 Å². The number of rotatable bonds is 6. The summed E-state index contributed by atoms with van der Waals surface area (Å²) >= 11 is 1.40. The number of carbonyl (C=O) groups excluding carboxylic acids is 1. The Hall–Kier alpha value is -1.92. The van der Waals surface area contributed by atoms with Crippen molar-refractivity contribution < 1.29 is 9.53 Å². The number of hydrogen-bond acceptors (Lipinski definition) is 5. The second-order valence-corrected chi connectivity index (χ2v) is 5.16. The van der Waals surface area contributed by atoms with Gasteiger partial charge in [0.2, 0.25) is 0 Å². The molecule has 0 unspecified atom stereocenters. The minimum absolute atomic E-state index is 0.0238. The maximum atomic E-state index is 11.7. The second kappa shape index (κ2) is 7.02. The van der Waals surface area contributed by atoms with Crippen LogP contribution in [0.2, 0.25) is 0 Å². The van der Waals surface area contributed by atoms with Gasteiger partial charge < -0.3 is 10.1 Å². The Balaban J connectivity index is 1.80. The van der Waals surface area contributed by atoms with Gasteiger partial charge in [-0.25, -0.2) is 4.98 Å². The Labute approximate surface area is 122 Å². The molecule has 0 aliphatic carbocycles. The topological polar surface area (TPSA) is 63.2 Å². The van der Waals surface area contributed by atoms with Crippen molar-refractivity contribution in [3.63, 3.8) is 0 Å². The molecule has 5 nitrogen and oxygen atoms in total. The van der Waals surface area contributed by atoms with Crippen LogP contribution in [-0.2, 0) is 11.3 Å². The molecule has 0 spiro atoms. The van der Waals surface area contributed by atoms with E-state index in [0.29, 0.717) is 10.9 Å². The molecule has 0 atom stereocenters. The lowest BCUT2D eigenvalue weighted by atomic mass is 10.2. The molecule has 2 aromatic rings. The van der Waals surface area contributed by atoms with Gasteiger partial charge in [-0.15, -0.1) is 11.3 Å². The minimum atomic E-state index is -0.210. The third kappa shape index (κ3) is 4.32. The van der Waals surface area contributed by atoms with E-state index in [1.165, 1.54) is 16.9 Å². The second-order valence-electron chi connectivity index (χ2n) is 4.31. The largest absolute Gasteiger partial charge is 0.484 e. The number of thiazole rings is 1. The van der Waals surface area contributed by atoms with Gasteiger partial charge >= 0.3 is 0 Å². The molecule has 0 fully saturated rings. The number of amides is 1. The first-order chi connectivity index (χ1) is 9.67. The number of benzene rings is 1. The summed E-state index contributed by atoms with van der Waals surface area (Å²) in [5.41, 5.74) is 2.06. The highest BCUT2D eigenvalue weighted by Crippen LogP contribution is 2.15. The molecule has 0 aliphatic heterocycles. The van der Waals surface area contributed by atoms with Crippen LogP contribution in [-0.4, -0.2) is 24.5 Å². The molecule has 0 bridgehead atoms. The summed E-state index contributed by atoms with van der Waals surface area (Å²) in [6, 6.07) is 7.64. The minimum Gasteiger partial charge on any atom is -0.484 e. The molecule has 1 amide bonds. The van der Waals surface area contributed by atoms with E-state index >= 15 is 0 Å². The Morgan fingerprint density at radius 1 is 1.35 bits per heavy atom. The van der Waals surface area contributed by atoms with Gasteiger partial charge in [0.05, 0.1) is 5.69 Å². The van der Waals surface area contributed by atoms with Crippen molar-refractivity contribution in [3.8, 4) is 5.75 Å². The van der Waals surface area contributed by atoms with Crippen LogP contribution in [0.1, 0.15) is 11.3 Å². The van der Waals surface area contributed by atoms with E-state index in [1.807, 2.05) is 43.6 Å². The molecule has 20 heavy (non-hydrogen) atoms. The first-order valence-electron chi connectivity index (χ1n) is 6.25. The summed E-state index contributed by atoms with van der Waals surface area (Å²) in [5, 5.41) is 8.25. The van der Waals surface area contributed by atoms with E-state index in [0.717, 1.165) is 12.2 Å². The quantitative estimate of drug-likeness (QED) is 0.856. The van der Waals surface area contributed by atoms with E-state index in [-0.39, 0.29) is 12.5 Å². The molecule has 0 aliphatic rings. The van der Waals surface area contributed by atoms with E-state index in [2.05, 4.69) is 15.6 Å². The van der Waals surface area contributed by atoms with Crippen LogP contribution in [0.25, 0.3) is 0 Å². The van der Waals surface area contributed by atoms with Crippen molar-refractivity contribution in [1.29, 1.82) is 0 Å². The average molecular weight is 291 g/mol. The fourth-order valence-corrected chi connectivity index (χ4v) is 2.33. The van der Waals surface area contributed by atoms with Crippen molar-refractivity contribution >= 4 is 22.4 Å². The zero-order chi connectivity index (χ0) is 14.4. The Morgan fingerprint density at radius 2 is 2.10 bits per heavy atom. The van der Waals surface area contributed by atoms with Crippen molar-refractivity contribution in [3.05, 3.63) is 40.9 Å². The van der Waals surface area contributed by atoms with Crippen LogP contribution in [0.3, 0.4) is 0 Å². The molecular formula is C14H17N3O2S. The van der Waals surface area contributed by atoms with Crippen molar-refractivity contribution in [2.75, 3.05) is 19.0 Å². The summed E-state index contributed by atoms with van der Waals surface area (Å²) in [6.45, 7) is 2.67. The molecule has 2 rings (SSSR count). The van der Waals surface area contributed by atoms with Crippen LogP contribution in [0.5, 0.6) is 5.75 Å². The third-order valence-corrected chi connectivity index (χ3v) is 3.42. The number of anilines is 1. The number of aromatic nitrogens is 1. The lowest BCUT2D eigenvalue weighted by Crippen LogP contribution is -2.20. The van der Waals surface area contributed by atoms with Gasteiger partial charge in [-0.1, -0.05) is 12.1 Å². The predicted molar refractivity (Wildman–Crippen MR) is 80.2 cm³/mol. The maximum absolute atomic E-state index is 11.7. The molecule has 1 aromatic carbocycles. The van der Waals surface area contributed by atoms with Gasteiger partial charge in [0.15, 0.2) is 11.7 Å². The highest BCUT2D eigenvalue weighted by atomic mass is 32.1. The fraction of sp³-hybridized carbons (Fsp3) is 0.286. The molecule has 1 aromatic heterocycles. The van der Waals surface area contributed by atoms with Crippen molar-refractivity contribution in [2.24, 2.45) is 0 Å². The summed E-state index contributed by atoms with van der Waals surface area (Å²) < 4.78 is 5.42. The highest BCUT2D eigenvalue weighted by Gasteiger charge is 2.06. The summed E-state index contributed by atoms with van der Waals surface area (Å²) in [5.74, 6) is 0.467. The van der Waals surface area contributed by atoms with Crippen molar-refractivity contribution in [1.82, 2.24) is 10.3 Å². The normalized spacial score (nSPS) is 10.3. The summed E-state index contributed by atoms with van der Waals surface area (Å²) in [4.78, 5) is 15.8. The van der Waals surface area contributed by atoms with Crippen LogP contribution < -0.4 is 15.4 Å². The Kier molecular flexibility index (Phi) is 5.09. The standard InChI is InChI=1S/C14H17N3O2S/c1-10-9-20-14(16-10)17-13(18)8-19-12-5-3-11(4-6-12)7-15-2/h3-6,9,15H,7-8H2,1-2H3,(H,16,17,18). The highest BCUT2D eigenvalue weighted by molar-refractivity contribution is 7.13. The van der Waals surface area contributed by atoms with Gasteiger partial charge in [-0.2, -0.15) is 0 Å². The number of carbonyl (C=O) groups is 1. The zero-order valence-corrected chi connectivity index (χ0v) is 12.3. The van der Waals surface area contributed by atoms with E-state index < -0.39 is 0 Å². The first kappa shape index (κ1) is 14.5. The lowest BCUT2D eigenvalue weighted by molar-refractivity contribution is -0.118. The monoisotopic (exact) mass is 291 g/mol. The van der Waals surface area contributed by atoms with Gasteiger partial charge in [0.25, 0.3) is 5.91 Å². The number of ether oxygens (including phenoxy) is 1. The molecule has 0 saturated heterocycles. The van der Waals surface area contributed by atoms with E-state index in [9.17, 15) is 4.79 Å². The Bertz CT molecular complexity index is 566. The fourth-order valence-electron chi connectivity index (χ4n) is 1.62. The lowest BCUT2D eigenvalue weighted by Gasteiger charge is -2.07. The molecular weight excluding hydrogens is 274 g/mol. The maximum Gasteiger partial charge on any atom is 0.264 e. The zero-order valence-electron chi connectivity index (χ0n) is 11.5. The SMILES string of the molecule is CNCc1ccc(OCC(=O)Nc2nc(C)cs2)cc1. The smallest absolute Gasteiger partial charge is 0.264 e. The summed E-state index contributed by atoms with van der Waals surface area (Å²) in [7, 11) is 1.90. The molecule has 1 heterocycles. The molecule has 0 saturated carbocycles. The van der Waals surface area contributed by atoms with E-state index in [1.54, 1.807) is 0 Å². The number of hydrogen-bond donors (Lipinski definition) is 2. The number of nitrogens with zero attached hydrogens (tertiary/aromatic N) is 1. The van der Waals surface area contributed by atoms with Gasteiger partial charge in [-0.05, 0) is 31.7 Å². The Morgan fingerprint density at radius 3 is 2.70 bits per heavy atom. The predicted octanol–water partition coefficient (Wildman–Crippen LogP) is 2.19. The first-order valence-corrected chi connectivity index (χ1v) is 7.13. The van der Waals surface area contributed by atoms with E-state index in [4.69, 9.17) is 4.74 Å². The molecule has 0 radical (unpaired) electrons. The van der Waals surface area contributed by atoms with Crippen molar-refractivity contribution in [2.45, 2.75) is 13.5 Å². The van der Waals surface area contributed by atoms with Gasteiger partial charge in [-0.3, -0.25) is 10.1 Å². The molecule has 6 heteroatoms. The van der Waals surface area contributed by atoms with Crippen LogP contribution in [0.4, 0.5) is 5.13 Å². The average Bonchev–Trinajstić information content (AvgIpc) is 2.84. The van der Waals surface area contributed by atoms with Gasteiger partial charge in [0.1, 0.15) is 5.75 Å². The molecule has 106 valence electrons. The summed E-state index contributed by atoms with van der Waals surface area (Å²) in [6.07, 6.45) is 0. The van der Waals surface area contributed by atoms with Crippen LogP contribution in [0, 0.1) is 6.92 Å². The molecule has 2 N–H and O–H groups in total. The van der Waals surface area contributed by atoms with Crippen LogP contribution in [0.15, 0.2) is 29.6 Å². The number of nitrogens with one attached hydrogen (secondary N) is 2. The van der Waals surface area contributed by atoms with Gasteiger partial charge in [0, 0.05) is 11.9 Å². The third-order valence-electron chi connectivity index (χ3n) is 2.54. The number of aryl methyl sites for hydroxylation is 1.